The molecule has 1 atom stereocenters. The molecular weight excluding hydrogens is 102 g/mol. The van der Waals surface area contributed by atoms with E-state index in [0.717, 1.165) is 0 Å². The second-order valence-electron chi connectivity index (χ2n) is 2.60. The molecule has 0 fully saturated rings. The van der Waals surface area contributed by atoms with Gasteiger partial charge in [-0.05, 0) is 20.8 Å². The van der Waals surface area contributed by atoms with Crippen LogP contribution in [0.5, 0.6) is 0 Å². The molecule has 0 spiro atoms. The first kappa shape index (κ1) is 7.92. The predicted octanol–water partition coefficient (Wildman–Crippen LogP) is 0.759. The van der Waals surface area contributed by atoms with Gasteiger partial charge in [-0.3, -0.25) is 0 Å². The van der Waals surface area contributed by atoms with Crippen LogP contribution in [-0.4, -0.2) is 18.8 Å². The zero-order valence-corrected chi connectivity index (χ0v) is 6.06. The van der Waals surface area contributed by atoms with Gasteiger partial charge in [0.15, 0.2) is 0 Å². The molecule has 0 aromatic rings. The van der Waals surface area contributed by atoms with Crippen LogP contribution in [0.15, 0.2) is 0 Å². The van der Waals surface area contributed by atoms with Gasteiger partial charge in [0.1, 0.15) is 0 Å². The Hall–Kier alpha value is -0.0800. The molecule has 2 heteroatoms. The summed E-state index contributed by atoms with van der Waals surface area (Å²) >= 11 is 0. The Morgan fingerprint density at radius 2 is 1.88 bits per heavy atom. The molecule has 0 saturated heterocycles. The second kappa shape index (κ2) is 2.46. The molecule has 0 heterocycles. The predicted molar refractivity (Wildman–Crippen MR) is 34.7 cm³/mol. The van der Waals surface area contributed by atoms with Crippen molar-refractivity contribution in [2.24, 2.45) is 5.73 Å². The van der Waals surface area contributed by atoms with Crippen molar-refractivity contribution in [1.29, 1.82) is 0 Å². The summed E-state index contributed by atoms with van der Waals surface area (Å²) in [6.07, 6.45) is 0. The monoisotopic (exact) mass is 117 g/mol. The summed E-state index contributed by atoms with van der Waals surface area (Å²) in [5.41, 5.74) is 5.38. The van der Waals surface area contributed by atoms with Crippen LogP contribution in [0.25, 0.3) is 0 Å². The molecule has 0 saturated carbocycles. The number of hydrogen-bond acceptors (Lipinski definition) is 2. The van der Waals surface area contributed by atoms with Crippen LogP contribution < -0.4 is 5.73 Å². The summed E-state index contributed by atoms with van der Waals surface area (Å²) in [6.45, 7) is 5.87. The molecule has 0 aliphatic rings. The van der Waals surface area contributed by atoms with Gasteiger partial charge >= 0.3 is 0 Å². The van der Waals surface area contributed by atoms with Crippen LogP contribution >= 0.6 is 0 Å². The number of ether oxygens (including phenoxy) is 1. The van der Waals surface area contributed by atoms with Crippen molar-refractivity contribution in [2.45, 2.75) is 32.4 Å². The molecular formula is C6H15NO. The van der Waals surface area contributed by atoms with Crippen molar-refractivity contribution in [1.82, 2.24) is 0 Å². The Bertz CT molecular complexity index is 68.9. The SMILES string of the molecule is COC(C)(C)C(C)N. The number of rotatable bonds is 2. The zero-order chi connectivity index (χ0) is 6.78. The summed E-state index contributed by atoms with van der Waals surface area (Å²) in [6, 6.07) is 0.0903. The number of nitrogens with two attached hydrogens (primary N) is 1. The molecule has 0 bridgehead atoms. The van der Waals surface area contributed by atoms with E-state index in [-0.39, 0.29) is 11.6 Å². The number of methoxy groups -OCH3 is 1. The summed E-state index contributed by atoms with van der Waals surface area (Å²) in [7, 11) is 1.67. The minimum atomic E-state index is -0.181. The van der Waals surface area contributed by atoms with Crippen LogP contribution in [0, 0.1) is 0 Å². The first-order valence-corrected chi connectivity index (χ1v) is 2.81. The third-order valence-corrected chi connectivity index (χ3v) is 1.62. The van der Waals surface area contributed by atoms with E-state index in [4.69, 9.17) is 10.5 Å². The Balaban J connectivity index is 3.71. The second-order valence-corrected chi connectivity index (χ2v) is 2.60. The minimum Gasteiger partial charge on any atom is -0.377 e. The fraction of sp³-hybridized carbons (Fsp3) is 1.00. The molecule has 2 nitrogen and oxygen atoms in total. The smallest absolute Gasteiger partial charge is 0.0770 e. The Morgan fingerprint density at radius 3 is 1.88 bits per heavy atom. The molecule has 0 aliphatic heterocycles. The summed E-state index contributed by atoms with van der Waals surface area (Å²) in [4.78, 5) is 0. The highest BCUT2D eigenvalue weighted by Gasteiger charge is 2.20. The fourth-order valence-corrected chi connectivity index (χ4v) is 0.186. The van der Waals surface area contributed by atoms with Crippen LogP contribution in [0.1, 0.15) is 20.8 Å². The summed E-state index contributed by atoms with van der Waals surface area (Å²) in [5, 5.41) is 0. The van der Waals surface area contributed by atoms with Crippen LogP contribution in [-0.2, 0) is 4.74 Å². The van der Waals surface area contributed by atoms with Gasteiger partial charge in [-0.25, -0.2) is 0 Å². The lowest BCUT2D eigenvalue weighted by atomic mass is 10.0. The fourth-order valence-electron chi connectivity index (χ4n) is 0.186. The topological polar surface area (TPSA) is 35.2 Å². The summed E-state index contributed by atoms with van der Waals surface area (Å²) < 4.78 is 5.07. The van der Waals surface area contributed by atoms with E-state index in [1.165, 1.54) is 0 Å². The van der Waals surface area contributed by atoms with Gasteiger partial charge in [-0.2, -0.15) is 0 Å². The van der Waals surface area contributed by atoms with Gasteiger partial charge in [0, 0.05) is 13.2 Å². The highest BCUT2D eigenvalue weighted by atomic mass is 16.5. The largest absolute Gasteiger partial charge is 0.377 e. The van der Waals surface area contributed by atoms with Crippen molar-refractivity contribution in [2.75, 3.05) is 7.11 Å². The van der Waals surface area contributed by atoms with Gasteiger partial charge in [0.05, 0.1) is 5.60 Å². The lowest BCUT2D eigenvalue weighted by molar-refractivity contribution is 0.00545. The zero-order valence-electron chi connectivity index (χ0n) is 6.06. The van der Waals surface area contributed by atoms with E-state index in [1.54, 1.807) is 7.11 Å². The Kier molecular flexibility index (Phi) is 2.44. The Morgan fingerprint density at radius 1 is 1.50 bits per heavy atom. The van der Waals surface area contributed by atoms with Crippen molar-refractivity contribution in [3.8, 4) is 0 Å². The molecule has 2 N–H and O–H groups in total. The molecule has 1 unspecified atom stereocenters. The lowest BCUT2D eigenvalue weighted by Crippen LogP contribution is -2.42. The van der Waals surface area contributed by atoms with Gasteiger partial charge in [-0.15, -0.1) is 0 Å². The maximum absolute atomic E-state index is 5.56. The van der Waals surface area contributed by atoms with E-state index in [2.05, 4.69) is 0 Å². The average molecular weight is 117 g/mol. The van der Waals surface area contributed by atoms with E-state index >= 15 is 0 Å². The molecule has 0 rings (SSSR count). The van der Waals surface area contributed by atoms with Crippen molar-refractivity contribution >= 4 is 0 Å². The van der Waals surface area contributed by atoms with Crippen molar-refractivity contribution in [3.63, 3.8) is 0 Å². The average Bonchev–Trinajstić information content (AvgIpc) is 1.67. The molecule has 0 aromatic carbocycles. The first-order valence-electron chi connectivity index (χ1n) is 2.81. The molecule has 50 valence electrons. The van der Waals surface area contributed by atoms with Gasteiger partial charge in [0.2, 0.25) is 0 Å². The Labute approximate surface area is 51.0 Å². The first-order chi connectivity index (χ1) is 3.50. The van der Waals surface area contributed by atoms with E-state index in [1.807, 2.05) is 20.8 Å². The molecule has 0 aliphatic carbocycles. The quantitative estimate of drug-likeness (QED) is 0.579. The van der Waals surface area contributed by atoms with Crippen LogP contribution in [0.2, 0.25) is 0 Å². The van der Waals surface area contributed by atoms with E-state index < -0.39 is 0 Å². The van der Waals surface area contributed by atoms with Gasteiger partial charge < -0.3 is 10.5 Å². The highest BCUT2D eigenvalue weighted by Crippen LogP contribution is 2.09. The molecule has 8 heavy (non-hydrogen) atoms. The molecule has 0 aromatic heterocycles. The maximum Gasteiger partial charge on any atom is 0.0770 e. The van der Waals surface area contributed by atoms with Crippen LogP contribution in [0.4, 0.5) is 0 Å². The van der Waals surface area contributed by atoms with Crippen molar-refractivity contribution in [3.05, 3.63) is 0 Å². The van der Waals surface area contributed by atoms with Gasteiger partial charge in [0.25, 0.3) is 0 Å². The normalized spacial score (nSPS) is 16.1. The highest BCUT2D eigenvalue weighted by molar-refractivity contribution is 4.77. The molecule has 0 radical (unpaired) electrons. The maximum atomic E-state index is 5.56. The third kappa shape index (κ3) is 1.80. The number of hydrogen-bond donors (Lipinski definition) is 1. The van der Waals surface area contributed by atoms with Crippen LogP contribution in [0.3, 0.4) is 0 Å². The minimum absolute atomic E-state index is 0.0903. The third-order valence-electron chi connectivity index (χ3n) is 1.62. The van der Waals surface area contributed by atoms with E-state index in [0.29, 0.717) is 0 Å². The molecule has 0 amide bonds. The van der Waals surface area contributed by atoms with Crippen molar-refractivity contribution < 1.29 is 4.74 Å². The van der Waals surface area contributed by atoms with E-state index in [9.17, 15) is 0 Å². The standard InChI is InChI=1S/C6H15NO/c1-5(7)6(2,3)8-4/h5H,7H2,1-4H3. The lowest BCUT2D eigenvalue weighted by Gasteiger charge is -2.26. The van der Waals surface area contributed by atoms with Gasteiger partial charge in [-0.1, -0.05) is 0 Å². The summed E-state index contributed by atoms with van der Waals surface area (Å²) in [5.74, 6) is 0.